The van der Waals surface area contributed by atoms with Crippen LogP contribution in [0.2, 0.25) is 0 Å². The van der Waals surface area contributed by atoms with Crippen molar-refractivity contribution in [2.75, 3.05) is 150 Å². The molecule has 0 aromatic heterocycles. The molecule has 4 heterocycles. The average molecular weight is 1620 g/mol. The minimum atomic E-state index is -0.765. The maximum atomic E-state index is 14.9. The summed E-state index contributed by atoms with van der Waals surface area (Å²) in [5, 5.41) is 17.8. The fourth-order valence-electron chi connectivity index (χ4n) is 12.1. The molecular weight excluding hydrogens is 1530 g/mol. The van der Waals surface area contributed by atoms with Gasteiger partial charge in [0.05, 0.1) is 72.9 Å². The number of unbranched alkanes of at least 4 members (excludes halogenated alkanes) is 2. The molecule has 27 nitrogen and oxygen atoms in total. The summed E-state index contributed by atoms with van der Waals surface area (Å²) in [6, 6.07) is 16.4. The van der Waals surface area contributed by atoms with E-state index in [1.165, 1.54) is 107 Å². The van der Waals surface area contributed by atoms with E-state index in [9.17, 15) is 47.9 Å². The van der Waals surface area contributed by atoms with Gasteiger partial charge in [0, 0.05) is 133 Å². The van der Waals surface area contributed by atoms with Crippen molar-refractivity contribution in [3.8, 4) is 23.0 Å². The van der Waals surface area contributed by atoms with Crippen LogP contribution in [0.25, 0.3) is 0 Å². The Bertz CT molecular complexity index is 3930. The molecule has 576 valence electrons. The number of nitrogens with one attached hydrogen (secondary N) is 6. The topological polar surface area (TPSA) is 308 Å². The highest BCUT2D eigenvalue weighted by atomic mass is 32.2. The number of nitrogens with zero attached hydrogens (tertiary/aromatic N) is 6. The molecule has 0 bridgehead atoms. The number of thioether (sulfide) groups is 4. The van der Waals surface area contributed by atoms with Crippen LogP contribution in [-0.4, -0.2) is 267 Å². The molecule has 1 unspecified atom stereocenters. The van der Waals surface area contributed by atoms with Gasteiger partial charge in [0.25, 0.3) is 53.2 Å². The Hall–Kier alpha value is -7.74. The van der Waals surface area contributed by atoms with Crippen LogP contribution in [0.5, 0.6) is 23.0 Å². The van der Waals surface area contributed by atoms with Gasteiger partial charge in [0.1, 0.15) is 45.9 Å². The van der Waals surface area contributed by atoms with Crippen LogP contribution in [0.15, 0.2) is 66.7 Å². The number of amides is 10. The first kappa shape index (κ1) is 84.9. The number of alkyl carbamates (subject to hydrolysis) is 1. The van der Waals surface area contributed by atoms with Gasteiger partial charge in [-0.05, 0) is 88.6 Å². The van der Waals surface area contributed by atoms with Crippen molar-refractivity contribution < 1.29 is 71.6 Å². The first-order chi connectivity index (χ1) is 51.3. The Morgan fingerprint density at radius 2 is 0.776 bits per heavy atom. The van der Waals surface area contributed by atoms with Crippen molar-refractivity contribution in [2.24, 2.45) is 0 Å². The quantitative estimate of drug-likeness (QED) is 0.0187. The fourth-order valence-corrected chi connectivity index (χ4v) is 16.9. The molecule has 35 heteroatoms. The summed E-state index contributed by atoms with van der Waals surface area (Å²) in [4.78, 5) is 151. The lowest BCUT2D eigenvalue weighted by Crippen LogP contribution is -2.51. The highest BCUT2D eigenvalue weighted by molar-refractivity contribution is 8.24. The van der Waals surface area contributed by atoms with Crippen LogP contribution < -0.4 is 50.8 Å². The number of hydrogen-bond donors (Lipinski definition) is 6. The van der Waals surface area contributed by atoms with Gasteiger partial charge in [-0.2, -0.15) is 0 Å². The lowest BCUT2D eigenvalue weighted by atomic mass is 10.0. The van der Waals surface area contributed by atoms with E-state index < -0.39 is 70.9 Å². The Morgan fingerprint density at radius 3 is 1.14 bits per heavy atom. The lowest BCUT2D eigenvalue weighted by molar-refractivity contribution is 0.0524. The fraction of sp³-hybridized carbons (Fsp3) is 0.472. The van der Waals surface area contributed by atoms with Crippen molar-refractivity contribution in [3.05, 3.63) is 117 Å². The van der Waals surface area contributed by atoms with Gasteiger partial charge in [-0.3, -0.25) is 72.6 Å². The van der Waals surface area contributed by atoms with E-state index in [1.54, 1.807) is 75.4 Å². The minimum absolute atomic E-state index is 0.00438. The number of benzene rings is 4. The molecule has 4 aliphatic heterocycles. The zero-order valence-electron chi connectivity index (χ0n) is 61.0. The van der Waals surface area contributed by atoms with Crippen molar-refractivity contribution >= 4 is 172 Å². The number of ether oxygens (including phenoxy) is 5. The monoisotopic (exact) mass is 1620 g/mol. The zero-order chi connectivity index (χ0) is 77.5. The van der Waals surface area contributed by atoms with Crippen LogP contribution in [0, 0.1) is 0 Å². The van der Waals surface area contributed by atoms with Crippen LogP contribution in [0.4, 0.5) is 4.79 Å². The van der Waals surface area contributed by atoms with Crippen molar-refractivity contribution in [1.29, 1.82) is 0 Å². The number of carbonyl (C=O) groups is 10. The Balaban J connectivity index is 1.15. The first-order valence-corrected chi connectivity index (χ1v) is 40.4. The van der Waals surface area contributed by atoms with Gasteiger partial charge in [-0.1, -0.05) is 134 Å². The van der Waals surface area contributed by atoms with E-state index in [0.29, 0.717) is 98.7 Å². The van der Waals surface area contributed by atoms with Crippen LogP contribution in [-0.2, 0) is 4.74 Å². The third kappa shape index (κ3) is 22.7. The average Bonchev–Trinajstić information content (AvgIpc) is 1.78. The zero-order valence-corrected chi connectivity index (χ0v) is 67.5. The summed E-state index contributed by atoms with van der Waals surface area (Å²) in [7, 11) is 5.43. The maximum absolute atomic E-state index is 14.9. The lowest BCUT2D eigenvalue weighted by Gasteiger charge is -2.36. The summed E-state index contributed by atoms with van der Waals surface area (Å²) >= 11 is 27.4. The van der Waals surface area contributed by atoms with Crippen LogP contribution in [0.1, 0.15) is 153 Å². The van der Waals surface area contributed by atoms with E-state index in [2.05, 4.69) is 36.8 Å². The van der Waals surface area contributed by atoms with E-state index >= 15 is 0 Å². The van der Waals surface area contributed by atoms with E-state index in [-0.39, 0.29) is 139 Å². The van der Waals surface area contributed by atoms with Crippen LogP contribution >= 0.6 is 95.9 Å². The summed E-state index contributed by atoms with van der Waals surface area (Å²) in [6.45, 7) is 9.86. The molecule has 0 saturated carbocycles. The summed E-state index contributed by atoms with van der Waals surface area (Å²) in [6.07, 6.45) is 2.22. The van der Waals surface area contributed by atoms with Crippen LogP contribution in [0.3, 0.4) is 0 Å². The standard InChI is InChI=1S/C72H90N12O15S8/c1-9-10-23-73-58(85)44-41-52(57(98-8)53(42-44)66(93)84-36-40-107-71(84)103)62(89)77-28-32-80(31-27-76-61(88)48-19-15-22-51(56(48)97-7)65(92)83-35-39-106-70(83)102)45(16-11-12-24-78-67(94)99-72(2,3)4)43-79(29-25-74-59(86)46-17-13-20-49(54(46)95-5)63(90)81-33-37-104-68(81)100)30-26-75-60(87)47-18-14-21-50(55(47)96-6)64(91)82-34-38-105-69(82)101/h13-15,17-22,41-42,45H,9-12,16,23-40,43H2,1-8H3,(H,73,85)(H,74,86)(H,75,87)(H,76,88)(H,77,89)(H,78,94). The summed E-state index contributed by atoms with van der Waals surface area (Å²) < 4.78 is 30.3. The number of para-hydroxylation sites is 3. The summed E-state index contributed by atoms with van der Waals surface area (Å²) in [5.41, 5.74) is -0.183. The van der Waals surface area contributed by atoms with Gasteiger partial charge < -0.3 is 55.6 Å². The van der Waals surface area contributed by atoms with Crippen molar-refractivity contribution in [2.45, 2.75) is 71.4 Å². The third-order valence-corrected chi connectivity index (χ3v) is 23.1. The number of carbonyl (C=O) groups excluding carboxylic acids is 10. The van der Waals surface area contributed by atoms with E-state index in [0.717, 1.165) is 6.42 Å². The van der Waals surface area contributed by atoms with Gasteiger partial charge in [-0.25, -0.2) is 4.79 Å². The number of hydrogen-bond acceptors (Lipinski definition) is 25. The normalized spacial score (nSPS) is 14.6. The predicted molar refractivity (Wildman–Crippen MR) is 433 cm³/mol. The second-order valence-corrected chi connectivity index (χ2v) is 32.5. The summed E-state index contributed by atoms with van der Waals surface area (Å²) in [5.74, 6) is -2.19. The number of thiocarbonyl (C=S) groups is 4. The molecule has 4 fully saturated rings. The second kappa shape index (κ2) is 41.2. The molecule has 0 aliphatic carbocycles. The number of methoxy groups -OCH3 is 4. The van der Waals surface area contributed by atoms with Gasteiger partial charge >= 0.3 is 6.09 Å². The van der Waals surface area contributed by atoms with E-state index in [1.807, 2.05) is 11.8 Å². The predicted octanol–water partition coefficient (Wildman–Crippen LogP) is 7.83. The van der Waals surface area contributed by atoms with Crippen molar-refractivity contribution in [1.82, 2.24) is 61.3 Å². The molecule has 4 aromatic carbocycles. The Morgan fingerprint density at radius 1 is 0.439 bits per heavy atom. The van der Waals surface area contributed by atoms with Gasteiger partial charge in [0.2, 0.25) is 0 Å². The maximum Gasteiger partial charge on any atom is 0.407 e. The van der Waals surface area contributed by atoms with Gasteiger partial charge in [-0.15, -0.1) is 0 Å². The highest BCUT2D eigenvalue weighted by Gasteiger charge is 2.36. The SMILES string of the molecule is CCCCNC(=O)c1cc(C(=O)NCCN(CCNC(=O)c2cccc(C(=O)N3CCSC3=S)c2OC)C(CCCCNC(=O)OC(C)(C)C)CN(CCNC(=O)c2cccc(C(=O)N3CCSC3=S)c2OC)CCNC(=O)c2cccc(C(=O)N3CCSC3=S)c2OC)c(OC)c(C(=O)N2CCSC2=S)c1. The molecule has 4 aromatic rings. The molecule has 107 heavy (non-hydrogen) atoms. The molecule has 4 saturated heterocycles. The Labute approximate surface area is 661 Å². The Kier molecular flexibility index (Phi) is 32.7. The first-order valence-electron chi connectivity index (χ1n) is 34.9. The largest absolute Gasteiger partial charge is 0.495 e. The third-order valence-electron chi connectivity index (χ3n) is 17.4. The minimum Gasteiger partial charge on any atom is -0.495 e. The molecule has 4 aliphatic rings. The van der Waals surface area contributed by atoms with Gasteiger partial charge in [0.15, 0.2) is 0 Å². The molecule has 0 radical (unpaired) electrons. The molecule has 8 rings (SSSR count). The van der Waals surface area contributed by atoms with Crippen molar-refractivity contribution in [3.63, 3.8) is 0 Å². The molecule has 10 amide bonds. The molecule has 6 N–H and O–H groups in total. The molecular formula is C72H90N12O15S8. The number of rotatable bonds is 36. The highest BCUT2D eigenvalue weighted by Crippen LogP contribution is 2.34. The molecule has 0 spiro atoms. The smallest absolute Gasteiger partial charge is 0.407 e. The van der Waals surface area contributed by atoms with E-state index in [4.69, 9.17) is 72.6 Å². The second-order valence-electron chi connectivity index (χ2n) is 25.6. The molecule has 1 atom stereocenters.